The maximum absolute atomic E-state index is 5.34. The second kappa shape index (κ2) is 1.80. The molecule has 0 aliphatic carbocycles. The molecule has 2 unspecified atom stereocenters. The van der Waals surface area contributed by atoms with Crippen LogP contribution in [0.5, 0.6) is 0 Å². The van der Waals surface area contributed by atoms with E-state index in [1.165, 1.54) is 0 Å². The molecule has 7 heavy (non-hydrogen) atoms. The van der Waals surface area contributed by atoms with Gasteiger partial charge in [0.1, 0.15) is 0 Å². The van der Waals surface area contributed by atoms with Gasteiger partial charge in [0.2, 0.25) is 0 Å². The van der Waals surface area contributed by atoms with E-state index in [9.17, 15) is 0 Å². The van der Waals surface area contributed by atoms with Gasteiger partial charge in [-0.05, 0) is 13.5 Å². The Balaban J connectivity index is 2.16. The summed E-state index contributed by atoms with van der Waals surface area (Å²) in [6.07, 6.45) is 0.421. The monoisotopic (exact) mass is 101 g/mol. The van der Waals surface area contributed by atoms with Gasteiger partial charge in [0.05, 0.1) is 12.7 Å². The summed E-state index contributed by atoms with van der Waals surface area (Å²) in [5, 5.41) is 0. The number of ether oxygens (including phenoxy) is 1. The van der Waals surface area contributed by atoms with Gasteiger partial charge in [-0.1, -0.05) is 0 Å². The third kappa shape index (κ3) is 0.763. The Morgan fingerprint density at radius 1 is 1.86 bits per heavy atom. The molecule has 0 aromatic carbocycles. The van der Waals surface area contributed by atoms with Crippen LogP contribution in [0.4, 0.5) is 0 Å². The Labute approximate surface area is 43.6 Å². The van der Waals surface area contributed by atoms with Crippen LogP contribution in [0.2, 0.25) is 0 Å². The Morgan fingerprint density at radius 3 is 2.57 bits per heavy atom. The first-order valence-corrected chi connectivity index (χ1v) is 2.66. The SMILES string of the molecule is CC1OCC1CN. The first kappa shape index (κ1) is 5.06. The van der Waals surface area contributed by atoms with E-state index in [2.05, 4.69) is 6.92 Å². The third-order valence-corrected chi connectivity index (χ3v) is 1.54. The summed E-state index contributed by atoms with van der Waals surface area (Å²) < 4.78 is 5.05. The number of hydrogen-bond donors (Lipinski definition) is 1. The molecule has 0 radical (unpaired) electrons. The van der Waals surface area contributed by atoms with E-state index in [1.54, 1.807) is 0 Å². The van der Waals surface area contributed by atoms with Crippen LogP contribution in [0.15, 0.2) is 0 Å². The summed E-state index contributed by atoms with van der Waals surface area (Å²) in [4.78, 5) is 0. The summed E-state index contributed by atoms with van der Waals surface area (Å²) in [6.45, 7) is 3.71. The highest BCUT2D eigenvalue weighted by molar-refractivity contribution is 4.74. The first-order valence-electron chi connectivity index (χ1n) is 2.66. The Bertz CT molecular complexity index is 63.1. The predicted octanol–water partition coefficient (Wildman–Crippen LogP) is -0.0200. The van der Waals surface area contributed by atoms with Crippen molar-refractivity contribution in [3.05, 3.63) is 0 Å². The molecule has 1 heterocycles. The highest BCUT2D eigenvalue weighted by Gasteiger charge is 2.25. The zero-order valence-corrected chi connectivity index (χ0v) is 4.55. The molecule has 0 amide bonds. The molecular formula is C5H11NO. The van der Waals surface area contributed by atoms with E-state index in [4.69, 9.17) is 10.5 Å². The van der Waals surface area contributed by atoms with Crippen LogP contribution in [-0.2, 0) is 4.74 Å². The van der Waals surface area contributed by atoms with Crippen LogP contribution < -0.4 is 5.73 Å². The summed E-state index contributed by atoms with van der Waals surface area (Å²) >= 11 is 0. The van der Waals surface area contributed by atoms with Crippen molar-refractivity contribution in [2.24, 2.45) is 11.7 Å². The van der Waals surface area contributed by atoms with Crippen molar-refractivity contribution in [1.29, 1.82) is 0 Å². The zero-order chi connectivity index (χ0) is 5.28. The average molecular weight is 101 g/mol. The minimum Gasteiger partial charge on any atom is -0.378 e. The highest BCUT2D eigenvalue weighted by Crippen LogP contribution is 2.17. The van der Waals surface area contributed by atoms with Crippen LogP contribution in [-0.4, -0.2) is 19.3 Å². The van der Waals surface area contributed by atoms with Gasteiger partial charge in [-0.15, -0.1) is 0 Å². The molecule has 0 saturated carbocycles. The van der Waals surface area contributed by atoms with E-state index >= 15 is 0 Å². The molecule has 1 aliphatic heterocycles. The van der Waals surface area contributed by atoms with E-state index in [0.717, 1.165) is 13.2 Å². The standard InChI is InChI=1S/C5H11NO/c1-4-5(2-6)3-7-4/h4-5H,2-3,6H2,1H3. The quantitative estimate of drug-likeness (QED) is 0.503. The van der Waals surface area contributed by atoms with Gasteiger partial charge >= 0.3 is 0 Å². The molecule has 1 rings (SSSR count). The number of rotatable bonds is 1. The summed E-state index contributed by atoms with van der Waals surface area (Å²) in [7, 11) is 0. The van der Waals surface area contributed by atoms with Crippen LogP contribution in [0, 0.1) is 5.92 Å². The van der Waals surface area contributed by atoms with Crippen molar-refractivity contribution in [2.45, 2.75) is 13.0 Å². The van der Waals surface area contributed by atoms with E-state index in [0.29, 0.717) is 12.0 Å². The highest BCUT2D eigenvalue weighted by atomic mass is 16.5. The molecule has 0 spiro atoms. The third-order valence-electron chi connectivity index (χ3n) is 1.54. The van der Waals surface area contributed by atoms with Crippen molar-refractivity contribution in [2.75, 3.05) is 13.2 Å². The van der Waals surface area contributed by atoms with Crippen molar-refractivity contribution < 1.29 is 4.74 Å². The minimum atomic E-state index is 0.421. The van der Waals surface area contributed by atoms with Gasteiger partial charge in [0.15, 0.2) is 0 Å². The number of hydrogen-bond acceptors (Lipinski definition) is 2. The Morgan fingerprint density at radius 2 is 2.57 bits per heavy atom. The predicted molar refractivity (Wildman–Crippen MR) is 28.0 cm³/mol. The van der Waals surface area contributed by atoms with E-state index in [1.807, 2.05) is 0 Å². The van der Waals surface area contributed by atoms with Gasteiger partial charge in [0.25, 0.3) is 0 Å². The second-order valence-corrected chi connectivity index (χ2v) is 2.03. The molecule has 0 aromatic rings. The Hall–Kier alpha value is -0.0800. The largest absolute Gasteiger partial charge is 0.378 e. The summed E-state index contributed by atoms with van der Waals surface area (Å²) in [5.41, 5.74) is 5.34. The van der Waals surface area contributed by atoms with Gasteiger partial charge in [-0.3, -0.25) is 0 Å². The van der Waals surface area contributed by atoms with Gasteiger partial charge in [-0.25, -0.2) is 0 Å². The fraction of sp³-hybridized carbons (Fsp3) is 1.00. The molecule has 2 atom stereocenters. The molecule has 2 N–H and O–H groups in total. The minimum absolute atomic E-state index is 0.421. The van der Waals surface area contributed by atoms with Crippen molar-refractivity contribution >= 4 is 0 Å². The summed E-state index contributed by atoms with van der Waals surface area (Å²) in [6, 6.07) is 0. The maximum atomic E-state index is 5.34. The molecule has 2 nitrogen and oxygen atoms in total. The second-order valence-electron chi connectivity index (χ2n) is 2.03. The zero-order valence-electron chi connectivity index (χ0n) is 4.55. The topological polar surface area (TPSA) is 35.2 Å². The first-order chi connectivity index (χ1) is 3.34. The molecule has 1 aliphatic rings. The van der Waals surface area contributed by atoms with Crippen LogP contribution >= 0.6 is 0 Å². The fourth-order valence-corrected chi connectivity index (χ4v) is 0.684. The van der Waals surface area contributed by atoms with Gasteiger partial charge in [0, 0.05) is 5.92 Å². The van der Waals surface area contributed by atoms with Crippen molar-refractivity contribution in [1.82, 2.24) is 0 Å². The van der Waals surface area contributed by atoms with E-state index in [-0.39, 0.29) is 0 Å². The fourth-order valence-electron chi connectivity index (χ4n) is 0.684. The molecule has 0 aromatic heterocycles. The molecule has 2 heteroatoms. The molecule has 42 valence electrons. The molecule has 1 fully saturated rings. The molecular weight excluding hydrogens is 90.1 g/mol. The number of nitrogens with two attached hydrogens (primary N) is 1. The summed E-state index contributed by atoms with van der Waals surface area (Å²) in [5.74, 6) is 0.639. The molecule has 1 saturated heterocycles. The van der Waals surface area contributed by atoms with Crippen molar-refractivity contribution in [3.8, 4) is 0 Å². The van der Waals surface area contributed by atoms with Crippen molar-refractivity contribution in [3.63, 3.8) is 0 Å². The lowest BCUT2D eigenvalue weighted by molar-refractivity contribution is -0.0976. The van der Waals surface area contributed by atoms with E-state index < -0.39 is 0 Å². The van der Waals surface area contributed by atoms with Crippen LogP contribution in [0.1, 0.15) is 6.92 Å². The normalized spacial score (nSPS) is 40.3. The smallest absolute Gasteiger partial charge is 0.0609 e. The lowest BCUT2D eigenvalue weighted by Gasteiger charge is -2.32. The Kier molecular flexibility index (Phi) is 1.30. The molecule has 0 bridgehead atoms. The maximum Gasteiger partial charge on any atom is 0.0609 e. The van der Waals surface area contributed by atoms with Gasteiger partial charge in [-0.2, -0.15) is 0 Å². The lowest BCUT2D eigenvalue weighted by atomic mass is 10.0. The van der Waals surface area contributed by atoms with Crippen LogP contribution in [0.25, 0.3) is 0 Å². The lowest BCUT2D eigenvalue weighted by Crippen LogP contribution is -2.41. The van der Waals surface area contributed by atoms with Gasteiger partial charge < -0.3 is 10.5 Å². The van der Waals surface area contributed by atoms with Crippen LogP contribution in [0.3, 0.4) is 0 Å². The average Bonchev–Trinajstić information content (AvgIpc) is 1.65.